The Morgan fingerprint density at radius 2 is 2.00 bits per heavy atom. The summed E-state index contributed by atoms with van der Waals surface area (Å²) >= 11 is 8.97. The number of imidazole rings is 1. The number of aromatic nitrogens is 2. The fraction of sp³-hybridized carbons (Fsp3) is 0.133. The highest BCUT2D eigenvalue weighted by atomic mass is 79.9. The van der Waals surface area contributed by atoms with Crippen LogP contribution in [0.3, 0.4) is 0 Å². The van der Waals surface area contributed by atoms with Crippen molar-refractivity contribution < 1.29 is 4.74 Å². The van der Waals surface area contributed by atoms with Gasteiger partial charge in [-0.05, 0) is 55.0 Å². The van der Waals surface area contributed by atoms with E-state index in [2.05, 4.69) is 33.9 Å². The minimum atomic E-state index is 0.655. The van der Waals surface area contributed by atoms with E-state index in [1.54, 1.807) is 7.11 Å². The van der Waals surface area contributed by atoms with E-state index in [4.69, 9.17) is 17.0 Å². The number of hydrogen-bond donors (Lipinski definition) is 1. The number of nitrogens with one attached hydrogen (secondary N) is 1. The van der Waals surface area contributed by atoms with Gasteiger partial charge in [0.05, 0.1) is 23.8 Å². The quantitative estimate of drug-likeness (QED) is 0.676. The van der Waals surface area contributed by atoms with Crippen molar-refractivity contribution in [2.75, 3.05) is 7.11 Å². The number of aryl methyl sites for hydroxylation is 1. The number of H-pyrrole nitrogens is 1. The van der Waals surface area contributed by atoms with Gasteiger partial charge in [0, 0.05) is 4.47 Å². The average Bonchev–Trinajstić information content (AvgIpc) is 2.74. The Morgan fingerprint density at radius 3 is 2.75 bits per heavy atom. The number of rotatable bonds is 2. The van der Waals surface area contributed by atoms with Gasteiger partial charge in [0.2, 0.25) is 0 Å². The van der Waals surface area contributed by atoms with Gasteiger partial charge < -0.3 is 9.72 Å². The van der Waals surface area contributed by atoms with Crippen LogP contribution in [0.1, 0.15) is 5.56 Å². The molecule has 0 saturated heterocycles. The zero-order chi connectivity index (χ0) is 14.3. The summed E-state index contributed by atoms with van der Waals surface area (Å²) in [6.07, 6.45) is 0. The summed E-state index contributed by atoms with van der Waals surface area (Å²) in [7, 11) is 1.67. The maximum absolute atomic E-state index is 5.47. The molecule has 0 unspecified atom stereocenters. The Labute approximate surface area is 130 Å². The minimum Gasteiger partial charge on any atom is -0.495 e. The molecule has 5 heteroatoms. The first-order chi connectivity index (χ1) is 9.60. The van der Waals surface area contributed by atoms with Crippen molar-refractivity contribution in [3.8, 4) is 11.4 Å². The number of nitrogens with zero attached hydrogens (tertiary/aromatic N) is 1. The largest absolute Gasteiger partial charge is 0.495 e. The van der Waals surface area contributed by atoms with Gasteiger partial charge in [0.25, 0.3) is 0 Å². The van der Waals surface area contributed by atoms with Gasteiger partial charge in [-0.15, -0.1) is 0 Å². The molecule has 3 aromatic rings. The molecule has 0 saturated carbocycles. The van der Waals surface area contributed by atoms with Crippen LogP contribution >= 0.6 is 28.1 Å². The van der Waals surface area contributed by atoms with Crippen molar-refractivity contribution in [1.82, 2.24) is 9.55 Å². The van der Waals surface area contributed by atoms with E-state index >= 15 is 0 Å². The molecular formula is C15H13BrN2OS. The summed E-state index contributed by atoms with van der Waals surface area (Å²) < 4.78 is 9.13. The zero-order valence-corrected chi connectivity index (χ0v) is 13.5. The fourth-order valence-corrected chi connectivity index (χ4v) is 2.95. The molecular weight excluding hydrogens is 336 g/mol. The van der Waals surface area contributed by atoms with Crippen molar-refractivity contribution in [2.45, 2.75) is 6.92 Å². The summed E-state index contributed by atoms with van der Waals surface area (Å²) in [5.74, 6) is 0.799. The summed E-state index contributed by atoms with van der Waals surface area (Å²) in [4.78, 5) is 3.22. The first-order valence-corrected chi connectivity index (χ1v) is 7.35. The van der Waals surface area contributed by atoms with Gasteiger partial charge in [0.1, 0.15) is 5.75 Å². The molecule has 1 aromatic heterocycles. The molecule has 0 radical (unpaired) electrons. The molecule has 2 aromatic carbocycles. The predicted molar refractivity (Wildman–Crippen MR) is 87.4 cm³/mol. The third-order valence-corrected chi connectivity index (χ3v) is 4.00. The van der Waals surface area contributed by atoms with Crippen molar-refractivity contribution in [3.05, 3.63) is 51.2 Å². The van der Waals surface area contributed by atoms with E-state index in [0.29, 0.717) is 4.77 Å². The van der Waals surface area contributed by atoms with Crippen molar-refractivity contribution in [2.24, 2.45) is 0 Å². The smallest absolute Gasteiger partial charge is 0.182 e. The Bertz CT molecular complexity index is 851. The lowest BCUT2D eigenvalue weighted by Crippen LogP contribution is -1.98. The third-order valence-electron chi connectivity index (χ3n) is 3.22. The molecule has 0 aliphatic heterocycles. The summed E-state index contributed by atoms with van der Waals surface area (Å²) in [6, 6.07) is 12.1. The van der Waals surface area contributed by atoms with Gasteiger partial charge in [-0.2, -0.15) is 0 Å². The molecule has 1 N–H and O–H groups in total. The topological polar surface area (TPSA) is 29.9 Å². The Kier molecular flexibility index (Phi) is 3.40. The van der Waals surface area contributed by atoms with Crippen LogP contribution < -0.4 is 4.74 Å². The second-order valence-electron chi connectivity index (χ2n) is 4.60. The molecule has 0 aliphatic rings. The molecule has 0 fully saturated rings. The highest BCUT2D eigenvalue weighted by Gasteiger charge is 2.11. The van der Waals surface area contributed by atoms with Crippen LogP contribution in [0, 0.1) is 11.7 Å². The molecule has 0 aliphatic carbocycles. The molecule has 3 nitrogen and oxygen atoms in total. The second kappa shape index (κ2) is 5.07. The fourth-order valence-electron chi connectivity index (χ4n) is 2.29. The summed E-state index contributed by atoms with van der Waals surface area (Å²) in [5, 5.41) is 0. The number of aromatic amines is 1. The lowest BCUT2D eigenvalue weighted by atomic mass is 10.2. The van der Waals surface area contributed by atoms with Gasteiger partial charge in [-0.25, -0.2) is 0 Å². The van der Waals surface area contributed by atoms with Crippen LogP contribution in [-0.2, 0) is 0 Å². The van der Waals surface area contributed by atoms with Crippen molar-refractivity contribution in [3.63, 3.8) is 0 Å². The van der Waals surface area contributed by atoms with Crippen molar-refractivity contribution >= 4 is 39.2 Å². The molecule has 3 rings (SSSR count). The summed E-state index contributed by atoms with van der Waals surface area (Å²) in [6.45, 7) is 2.05. The lowest BCUT2D eigenvalue weighted by molar-refractivity contribution is 0.413. The standard InChI is InChI=1S/C15H13BrN2OS/c1-9-3-6-14(19-2)13(7-9)18-12-8-10(16)4-5-11(12)17-15(18)20/h3-8H,1-2H3,(H,17,20). The van der Waals surface area contributed by atoms with Crippen LogP contribution in [-0.4, -0.2) is 16.7 Å². The van der Waals surface area contributed by atoms with Gasteiger partial charge >= 0.3 is 0 Å². The number of methoxy groups -OCH3 is 1. The second-order valence-corrected chi connectivity index (χ2v) is 5.90. The van der Waals surface area contributed by atoms with Gasteiger partial charge in [-0.3, -0.25) is 4.57 Å². The Hall–Kier alpha value is -1.59. The molecule has 0 amide bonds. The highest BCUT2D eigenvalue weighted by molar-refractivity contribution is 9.10. The van der Waals surface area contributed by atoms with E-state index in [-0.39, 0.29) is 0 Å². The first kappa shape index (κ1) is 13.4. The maximum atomic E-state index is 5.47. The number of benzene rings is 2. The number of ether oxygens (including phenoxy) is 1. The number of hydrogen-bond acceptors (Lipinski definition) is 2. The zero-order valence-electron chi connectivity index (χ0n) is 11.1. The maximum Gasteiger partial charge on any atom is 0.182 e. The number of halogens is 1. The highest BCUT2D eigenvalue weighted by Crippen LogP contribution is 2.29. The monoisotopic (exact) mass is 348 g/mol. The third kappa shape index (κ3) is 2.17. The number of fused-ring (bicyclic) bond motifs is 1. The Balaban J connectivity index is 2.40. The molecule has 0 atom stereocenters. The molecule has 20 heavy (non-hydrogen) atoms. The van der Waals surface area contributed by atoms with E-state index in [1.165, 1.54) is 0 Å². The molecule has 1 heterocycles. The molecule has 0 bridgehead atoms. The SMILES string of the molecule is COc1ccc(C)cc1-n1c(=S)[nH]c2ccc(Br)cc21. The van der Waals surface area contributed by atoms with Crippen LogP contribution in [0.4, 0.5) is 0 Å². The lowest BCUT2D eigenvalue weighted by Gasteiger charge is -2.11. The van der Waals surface area contributed by atoms with Crippen LogP contribution in [0.2, 0.25) is 0 Å². The normalized spacial score (nSPS) is 10.9. The van der Waals surface area contributed by atoms with E-state index in [0.717, 1.165) is 32.5 Å². The van der Waals surface area contributed by atoms with Crippen LogP contribution in [0.5, 0.6) is 5.75 Å². The van der Waals surface area contributed by atoms with Crippen molar-refractivity contribution in [1.29, 1.82) is 0 Å². The molecule has 102 valence electrons. The Morgan fingerprint density at radius 1 is 1.20 bits per heavy atom. The average molecular weight is 349 g/mol. The van der Waals surface area contributed by atoms with Gasteiger partial charge in [-0.1, -0.05) is 22.0 Å². The predicted octanol–water partition coefficient (Wildman–Crippen LogP) is 4.77. The summed E-state index contributed by atoms with van der Waals surface area (Å²) in [5.41, 5.74) is 4.13. The van der Waals surface area contributed by atoms with Crippen LogP contribution in [0.15, 0.2) is 40.9 Å². The van der Waals surface area contributed by atoms with E-state index in [9.17, 15) is 0 Å². The molecule has 0 spiro atoms. The van der Waals surface area contributed by atoms with E-state index in [1.807, 2.05) is 34.9 Å². The van der Waals surface area contributed by atoms with E-state index < -0.39 is 0 Å². The minimum absolute atomic E-state index is 0.655. The first-order valence-electron chi connectivity index (χ1n) is 6.15. The van der Waals surface area contributed by atoms with Gasteiger partial charge in [0.15, 0.2) is 4.77 Å². The van der Waals surface area contributed by atoms with Crippen LogP contribution in [0.25, 0.3) is 16.7 Å².